The average molecular weight is 252 g/mol. The summed E-state index contributed by atoms with van der Waals surface area (Å²) in [5, 5.41) is 3.90. The van der Waals surface area contributed by atoms with Crippen molar-refractivity contribution < 1.29 is 9.47 Å². The first-order valence-electron chi connectivity index (χ1n) is 5.49. The molecule has 1 aromatic rings. The predicted molar refractivity (Wildman–Crippen MR) is 67.3 cm³/mol. The molecular weight excluding hydrogens is 238 g/mol. The van der Waals surface area contributed by atoms with Gasteiger partial charge in [-0.3, -0.25) is 0 Å². The van der Waals surface area contributed by atoms with Gasteiger partial charge in [0.05, 0.1) is 5.02 Å². The molecule has 1 aromatic carbocycles. The predicted octanol–water partition coefficient (Wildman–Crippen LogP) is 2.57. The van der Waals surface area contributed by atoms with Gasteiger partial charge in [-0.2, -0.15) is 0 Å². The Kier molecular flexibility index (Phi) is 4.13. The summed E-state index contributed by atoms with van der Waals surface area (Å²) >= 11 is 6.08. The molecule has 0 aromatic heterocycles. The maximum atomic E-state index is 6.08. The number of ether oxygens (including phenoxy) is 2. The van der Waals surface area contributed by atoms with Gasteiger partial charge in [-0.25, -0.2) is 0 Å². The summed E-state index contributed by atoms with van der Waals surface area (Å²) in [6.45, 7) is 3.71. The summed E-state index contributed by atoms with van der Waals surface area (Å²) < 4.78 is 10.6. The molecule has 0 spiro atoms. The number of benzene rings is 1. The lowest BCUT2D eigenvalue weighted by Crippen LogP contribution is -2.14. The molecule has 90 valence electrons. The average Bonchev–Trinajstić information content (AvgIpc) is 2.77. The molecule has 1 aliphatic rings. The fraction of sp³-hybridized carbons (Fsp3) is 0.385. The van der Waals surface area contributed by atoms with Gasteiger partial charge in [0.2, 0.25) is 6.79 Å². The van der Waals surface area contributed by atoms with E-state index in [9.17, 15) is 0 Å². The van der Waals surface area contributed by atoms with E-state index in [1.165, 1.54) is 0 Å². The Balaban J connectivity index is 1.92. The molecule has 0 atom stereocenters. The van der Waals surface area contributed by atoms with E-state index < -0.39 is 0 Å². The second-order valence-corrected chi connectivity index (χ2v) is 4.07. The van der Waals surface area contributed by atoms with Crippen molar-refractivity contribution in [3.05, 3.63) is 22.7 Å². The minimum atomic E-state index is 0.248. The lowest BCUT2D eigenvalue weighted by atomic mass is 10.2. The van der Waals surface area contributed by atoms with Gasteiger partial charge >= 0.3 is 0 Å². The minimum Gasteiger partial charge on any atom is -0.454 e. The van der Waals surface area contributed by atoms with Crippen LogP contribution in [0.15, 0.2) is 12.1 Å². The van der Waals surface area contributed by atoms with E-state index >= 15 is 0 Å². The summed E-state index contributed by atoms with van der Waals surface area (Å²) in [6.07, 6.45) is 0.856. The van der Waals surface area contributed by atoms with Crippen molar-refractivity contribution in [2.45, 2.75) is 19.9 Å². The molecule has 0 radical (unpaired) electrons. The highest BCUT2D eigenvalue weighted by Crippen LogP contribution is 2.39. The monoisotopic (exact) mass is 251 g/mol. The first-order chi connectivity index (χ1) is 8.31. The molecule has 17 heavy (non-hydrogen) atoms. The Morgan fingerprint density at radius 2 is 2.29 bits per heavy atom. The van der Waals surface area contributed by atoms with Crippen LogP contribution in [-0.4, -0.2) is 13.3 Å². The Bertz CT molecular complexity index is 462. The van der Waals surface area contributed by atoms with Crippen LogP contribution in [0.2, 0.25) is 5.02 Å². The zero-order valence-electron chi connectivity index (χ0n) is 9.68. The van der Waals surface area contributed by atoms with E-state index in [2.05, 4.69) is 17.2 Å². The third kappa shape index (κ3) is 3.06. The largest absolute Gasteiger partial charge is 0.454 e. The van der Waals surface area contributed by atoms with Crippen LogP contribution in [0.5, 0.6) is 11.5 Å². The third-order valence-corrected chi connectivity index (χ3v) is 2.70. The minimum absolute atomic E-state index is 0.248. The molecule has 2 rings (SSSR count). The van der Waals surface area contributed by atoms with Crippen LogP contribution in [0.1, 0.15) is 18.9 Å². The van der Waals surface area contributed by atoms with Crippen LogP contribution in [0, 0.1) is 11.8 Å². The fourth-order valence-corrected chi connectivity index (χ4v) is 1.92. The van der Waals surface area contributed by atoms with E-state index in [1.54, 1.807) is 0 Å². The van der Waals surface area contributed by atoms with E-state index in [1.807, 2.05) is 19.1 Å². The highest BCUT2D eigenvalue weighted by molar-refractivity contribution is 6.32. The summed E-state index contributed by atoms with van der Waals surface area (Å²) in [4.78, 5) is 0. The zero-order valence-corrected chi connectivity index (χ0v) is 10.4. The fourth-order valence-electron chi connectivity index (χ4n) is 1.63. The maximum absolute atomic E-state index is 6.08. The van der Waals surface area contributed by atoms with Gasteiger partial charge in [-0.15, -0.1) is 11.8 Å². The number of nitrogens with one attached hydrogen (secondary N) is 1. The summed E-state index contributed by atoms with van der Waals surface area (Å²) in [6, 6.07) is 3.85. The second-order valence-electron chi connectivity index (χ2n) is 3.66. The Labute approximate surface area is 106 Å². The molecule has 0 unspecified atom stereocenters. The van der Waals surface area contributed by atoms with Crippen molar-refractivity contribution in [3.63, 3.8) is 0 Å². The van der Waals surface area contributed by atoms with E-state index in [0.29, 0.717) is 10.8 Å². The Morgan fingerprint density at radius 1 is 1.41 bits per heavy atom. The first-order valence-corrected chi connectivity index (χ1v) is 5.87. The molecular formula is C13H14ClNO2. The molecule has 4 heteroatoms. The van der Waals surface area contributed by atoms with Crippen molar-refractivity contribution in [2.24, 2.45) is 0 Å². The molecule has 3 nitrogen and oxygen atoms in total. The van der Waals surface area contributed by atoms with Gasteiger partial charge in [0.25, 0.3) is 0 Å². The molecule has 0 aliphatic carbocycles. The zero-order chi connectivity index (χ0) is 12.1. The number of hydrogen-bond donors (Lipinski definition) is 1. The lowest BCUT2D eigenvalue weighted by Gasteiger charge is -2.05. The van der Waals surface area contributed by atoms with E-state index in [-0.39, 0.29) is 6.79 Å². The van der Waals surface area contributed by atoms with Crippen LogP contribution in [0.3, 0.4) is 0 Å². The molecule has 1 aliphatic heterocycles. The summed E-state index contributed by atoms with van der Waals surface area (Å²) in [7, 11) is 0. The van der Waals surface area contributed by atoms with Crippen molar-refractivity contribution in [1.82, 2.24) is 5.32 Å². The molecule has 0 saturated carbocycles. The van der Waals surface area contributed by atoms with Gasteiger partial charge in [-0.05, 0) is 24.6 Å². The van der Waals surface area contributed by atoms with E-state index in [0.717, 1.165) is 30.8 Å². The summed E-state index contributed by atoms with van der Waals surface area (Å²) in [5.41, 5.74) is 1.09. The molecule has 1 N–H and O–H groups in total. The van der Waals surface area contributed by atoms with E-state index in [4.69, 9.17) is 21.1 Å². The Morgan fingerprint density at radius 3 is 3.12 bits per heavy atom. The van der Waals surface area contributed by atoms with Crippen LogP contribution in [-0.2, 0) is 6.54 Å². The SMILES string of the molecule is CC#CCCNCc1cc(Cl)c2c(c1)OCO2. The van der Waals surface area contributed by atoms with Crippen LogP contribution < -0.4 is 14.8 Å². The number of halogens is 1. The lowest BCUT2D eigenvalue weighted by molar-refractivity contribution is 0.174. The van der Waals surface area contributed by atoms with Gasteiger partial charge in [0.1, 0.15) is 0 Å². The maximum Gasteiger partial charge on any atom is 0.231 e. The summed E-state index contributed by atoms with van der Waals surface area (Å²) in [5.74, 6) is 7.24. The molecule has 0 saturated heterocycles. The number of hydrogen-bond acceptors (Lipinski definition) is 3. The highest BCUT2D eigenvalue weighted by atomic mass is 35.5. The van der Waals surface area contributed by atoms with Crippen molar-refractivity contribution in [2.75, 3.05) is 13.3 Å². The van der Waals surface area contributed by atoms with Gasteiger partial charge in [-0.1, -0.05) is 11.6 Å². The molecule has 0 amide bonds. The standard InChI is InChI=1S/C13H14ClNO2/c1-2-3-4-5-15-8-10-6-11(14)13-12(7-10)16-9-17-13/h6-7,15H,4-5,8-9H2,1H3. The van der Waals surface area contributed by atoms with Gasteiger partial charge < -0.3 is 14.8 Å². The van der Waals surface area contributed by atoms with Crippen molar-refractivity contribution >= 4 is 11.6 Å². The van der Waals surface area contributed by atoms with Crippen LogP contribution >= 0.6 is 11.6 Å². The van der Waals surface area contributed by atoms with Crippen LogP contribution in [0.25, 0.3) is 0 Å². The first kappa shape index (κ1) is 12.1. The molecule has 1 heterocycles. The molecule has 0 bridgehead atoms. The van der Waals surface area contributed by atoms with Gasteiger partial charge in [0, 0.05) is 19.5 Å². The topological polar surface area (TPSA) is 30.5 Å². The van der Waals surface area contributed by atoms with Crippen molar-refractivity contribution in [3.8, 4) is 23.3 Å². The van der Waals surface area contributed by atoms with Gasteiger partial charge in [0.15, 0.2) is 11.5 Å². The highest BCUT2D eigenvalue weighted by Gasteiger charge is 2.17. The molecule has 0 fully saturated rings. The smallest absolute Gasteiger partial charge is 0.231 e. The normalized spacial score (nSPS) is 12.1. The second kappa shape index (κ2) is 5.81. The third-order valence-electron chi connectivity index (χ3n) is 2.42. The number of rotatable bonds is 4. The van der Waals surface area contributed by atoms with Crippen LogP contribution in [0.4, 0.5) is 0 Å². The quantitative estimate of drug-likeness (QED) is 0.659. The Hall–Kier alpha value is -1.37. The number of fused-ring (bicyclic) bond motifs is 1. The van der Waals surface area contributed by atoms with Crippen molar-refractivity contribution in [1.29, 1.82) is 0 Å².